The van der Waals surface area contributed by atoms with E-state index in [9.17, 15) is 0 Å². The molecule has 0 spiro atoms. The van der Waals surface area contributed by atoms with Gasteiger partial charge in [0.05, 0.1) is 0 Å². The quantitative estimate of drug-likeness (QED) is 0.592. The van der Waals surface area contributed by atoms with E-state index in [1.807, 2.05) is 0 Å². The molecule has 0 aliphatic carbocycles. The largest absolute Gasteiger partial charge is 0.312 e. The molecule has 0 bridgehead atoms. The normalized spacial score (nSPS) is 14.5. The van der Waals surface area contributed by atoms with Crippen LogP contribution in [0.2, 0.25) is 31.7 Å². The van der Waals surface area contributed by atoms with Crippen molar-refractivity contribution in [2.75, 3.05) is 20.3 Å². The molecule has 0 amide bonds. The van der Waals surface area contributed by atoms with E-state index in [1.54, 1.807) is 12.1 Å². The van der Waals surface area contributed by atoms with Crippen molar-refractivity contribution in [1.29, 1.82) is 0 Å². The Morgan fingerprint density at radius 1 is 1.00 bits per heavy atom. The van der Waals surface area contributed by atoms with Gasteiger partial charge in [0.2, 0.25) is 0 Å². The molecule has 0 heterocycles. The third-order valence-corrected chi connectivity index (χ3v) is 6.74. The van der Waals surface area contributed by atoms with Gasteiger partial charge in [-0.1, -0.05) is 31.7 Å². The predicted molar refractivity (Wildman–Crippen MR) is 60.1 cm³/mol. The van der Waals surface area contributed by atoms with Crippen molar-refractivity contribution in [3.63, 3.8) is 0 Å². The van der Waals surface area contributed by atoms with Gasteiger partial charge < -0.3 is 4.90 Å². The Hall–Kier alpha value is 0.394. The van der Waals surface area contributed by atoms with Crippen LogP contribution >= 0.6 is 0 Å². The van der Waals surface area contributed by atoms with Crippen LogP contribution in [-0.2, 0) is 0 Å². The maximum Gasteiger partial charge on any atom is 0.0497 e. The first-order valence-electron chi connectivity index (χ1n) is 4.67. The minimum absolute atomic E-state index is 0.256. The van der Waals surface area contributed by atoms with Crippen LogP contribution in [-0.4, -0.2) is 42.8 Å². The molecule has 0 saturated carbocycles. The van der Waals surface area contributed by atoms with Crippen molar-refractivity contribution in [3.05, 3.63) is 0 Å². The Balaban J connectivity index is 3.29. The lowest BCUT2D eigenvalue weighted by Gasteiger charge is -2.15. The van der Waals surface area contributed by atoms with Gasteiger partial charge >= 0.3 is 0 Å². The van der Waals surface area contributed by atoms with Crippen LogP contribution in [0.3, 0.4) is 0 Å². The first kappa shape index (κ1) is 11.4. The highest BCUT2D eigenvalue weighted by Crippen LogP contribution is 2.03. The van der Waals surface area contributed by atoms with Crippen molar-refractivity contribution in [1.82, 2.24) is 4.90 Å². The Labute approximate surface area is 75.0 Å². The summed E-state index contributed by atoms with van der Waals surface area (Å²) in [6.45, 7) is 7.41. The summed E-state index contributed by atoms with van der Waals surface area (Å²) in [6, 6.07) is 3.14. The number of rotatable bonds is 5. The first-order valence-corrected chi connectivity index (χ1v) is 10.6. The molecule has 0 aromatic carbocycles. The fourth-order valence-electron chi connectivity index (χ4n) is 1.33. The lowest BCUT2D eigenvalue weighted by atomic mass is 10.9. The zero-order chi connectivity index (χ0) is 8.85. The van der Waals surface area contributed by atoms with Crippen LogP contribution in [0.15, 0.2) is 0 Å². The SMILES string of the molecule is CN(C)C[SiH](C)CC[SiH](C)C. The van der Waals surface area contributed by atoms with Crippen molar-refractivity contribution in [2.24, 2.45) is 0 Å². The predicted octanol–water partition coefficient (Wildman–Crippen LogP) is 1.43. The van der Waals surface area contributed by atoms with E-state index in [2.05, 4.69) is 38.6 Å². The highest BCUT2D eigenvalue weighted by molar-refractivity contribution is 6.62. The van der Waals surface area contributed by atoms with E-state index in [4.69, 9.17) is 0 Å². The molecule has 0 aliphatic rings. The van der Waals surface area contributed by atoms with Gasteiger partial charge in [-0.25, -0.2) is 0 Å². The molecule has 0 aromatic heterocycles. The minimum atomic E-state index is -0.355. The molecule has 1 atom stereocenters. The van der Waals surface area contributed by atoms with E-state index in [0.717, 1.165) is 0 Å². The van der Waals surface area contributed by atoms with Crippen molar-refractivity contribution in [2.45, 2.75) is 31.7 Å². The molecule has 0 N–H and O–H groups in total. The highest BCUT2D eigenvalue weighted by atomic mass is 28.3. The van der Waals surface area contributed by atoms with E-state index >= 15 is 0 Å². The third-order valence-electron chi connectivity index (χ3n) is 1.91. The summed E-state index contributed by atoms with van der Waals surface area (Å²) >= 11 is 0. The maximum absolute atomic E-state index is 2.50. The molecule has 0 saturated heterocycles. The van der Waals surface area contributed by atoms with Gasteiger partial charge in [0.15, 0.2) is 0 Å². The molecule has 11 heavy (non-hydrogen) atoms. The van der Waals surface area contributed by atoms with E-state index in [1.165, 1.54) is 6.17 Å². The molecule has 0 fully saturated rings. The van der Waals surface area contributed by atoms with Crippen LogP contribution in [0.25, 0.3) is 0 Å². The average Bonchev–Trinajstić information content (AvgIpc) is 1.82. The molecule has 1 unspecified atom stereocenters. The van der Waals surface area contributed by atoms with Crippen molar-refractivity contribution >= 4 is 17.6 Å². The Bertz CT molecular complexity index is 94.1. The van der Waals surface area contributed by atoms with E-state index in [-0.39, 0.29) is 17.6 Å². The summed E-state index contributed by atoms with van der Waals surface area (Å²) in [5, 5.41) is 0. The fourth-order valence-corrected chi connectivity index (χ4v) is 7.70. The van der Waals surface area contributed by atoms with Crippen LogP contribution < -0.4 is 0 Å². The summed E-state index contributed by atoms with van der Waals surface area (Å²) in [5.41, 5.74) is 0. The highest BCUT2D eigenvalue weighted by Gasteiger charge is 2.06. The average molecular weight is 189 g/mol. The van der Waals surface area contributed by atoms with Crippen LogP contribution in [0, 0.1) is 0 Å². The molecule has 0 aliphatic heterocycles. The van der Waals surface area contributed by atoms with Gasteiger partial charge in [-0.05, 0) is 20.3 Å². The van der Waals surface area contributed by atoms with E-state index in [0.29, 0.717) is 0 Å². The van der Waals surface area contributed by atoms with Gasteiger partial charge in [0.1, 0.15) is 0 Å². The zero-order valence-electron chi connectivity index (χ0n) is 8.72. The van der Waals surface area contributed by atoms with Crippen molar-refractivity contribution < 1.29 is 0 Å². The maximum atomic E-state index is 2.50. The molecule has 0 radical (unpaired) electrons. The molecule has 68 valence electrons. The van der Waals surface area contributed by atoms with Crippen molar-refractivity contribution in [3.8, 4) is 0 Å². The Morgan fingerprint density at radius 2 is 1.55 bits per heavy atom. The summed E-state index contributed by atoms with van der Waals surface area (Å²) in [7, 11) is 3.77. The second kappa shape index (κ2) is 5.97. The lowest BCUT2D eigenvalue weighted by Crippen LogP contribution is -2.27. The topological polar surface area (TPSA) is 3.24 Å². The molecule has 1 nitrogen and oxygen atoms in total. The first-order chi connectivity index (χ1) is 5.02. The second-order valence-corrected chi connectivity index (χ2v) is 10.9. The van der Waals surface area contributed by atoms with Gasteiger partial charge in [-0.3, -0.25) is 0 Å². The molecule has 3 heteroatoms. The fraction of sp³-hybridized carbons (Fsp3) is 1.00. The standard InChI is InChI=1S/C8H23NSi2/c1-9(2)8-11(5)7-6-10(3)4/h10-11H,6-8H2,1-5H3. The molecule has 0 rings (SSSR count). The van der Waals surface area contributed by atoms with Gasteiger partial charge in [-0.2, -0.15) is 0 Å². The number of nitrogens with zero attached hydrogens (tertiary/aromatic N) is 1. The van der Waals surface area contributed by atoms with E-state index < -0.39 is 0 Å². The van der Waals surface area contributed by atoms with Gasteiger partial charge in [0.25, 0.3) is 0 Å². The summed E-state index contributed by atoms with van der Waals surface area (Å²) in [6.07, 6.45) is 1.39. The number of hydrogen-bond donors (Lipinski definition) is 0. The summed E-state index contributed by atoms with van der Waals surface area (Å²) < 4.78 is 0. The minimum Gasteiger partial charge on any atom is -0.312 e. The monoisotopic (exact) mass is 189 g/mol. The zero-order valence-corrected chi connectivity index (χ0v) is 11.0. The van der Waals surface area contributed by atoms with Crippen LogP contribution in [0.5, 0.6) is 0 Å². The van der Waals surface area contributed by atoms with Gasteiger partial charge in [-0.15, -0.1) is 0 Å². The van der Waals surface area contributed by atoms with Crippen LogP contribution in [0.4, 0.5) is 0 Å². The Kier molecular flexibility index (Phi) is 6.18. The van der Waals surface area contributed by atoms with Crippen LogP contribution in [0.1, 0.15) is 0 Å². The molecule has 0 aromatic rings. The smallest absolute Gasteiger partial charge is 0.0497 e. The lowest BCUT2D eigenvalue weighted by molar-refractivity contribution is 0.474. The second-order valence-electron chi connectivity index (χ2n) is 4.34. The number of hydrogen-bond acceptors (Lipinski definition) is 1. The van der Waals surface area contributed by atoms with Gasteiger partial charge in [0, 0.05) is 17.6 Å². The molecular weight excluding hydrogens is 166 g/mol. The summed E-state index contributed by atoms with van der Waals surface area (Å²) in [5.74, 6) is 0. The molecular formula is C8H23NSi2. The summed E-state index contributed by atoms with van der Waals surface area (Å²) in [4.78, 5) is 2.35. The Morgan fingerprint density at radius 3 is 1.91 bits per heavy atom. The third kappa shape index (κ3) is 8.30.